The topological polar surface area (TPSA) is 50.2 Å². The maximum atomic E-state index is 12.6. The third-order valence-corrected chi connectivity index (χ3v) is 3.88. The van der Waals surface area contributed by atoms with Gasteiger partial charge in [0.25, 0.3) is 0 Å². The summed E-state index contributed by atoms with van der Waals surface area (Å²) in [7, 11) is 0. The Kier molecular flexibility index (Phi) is 3.80. The van der Waals surface area contributed by atoms with Gasteiger partial charge in [0.05, 0.1) is 11.3 Å². The van der Waals surface area contributed by atoms with Crippen LogP contribution in [0.15, 0.2) is 29.9 Å². The normalized spacial score (nSPS) is 15.6. The van der Waals surface area contributed by atoms with Crippen LogP contribution < -0.4 is 0 Å². The number of carbonyl (C=O) groups is 1. The molecule has 0 radical (unpaired) electrons. The van der Waals surface area contributed by atoms with Crippen molar-refractivity contribution in [3.63, 3.8) is 0 Å². The molecule has 0 fully saturated rings. The van der Waals surface area contributed by atoms with Crippen molar-refractivity contribution in [3.8, 4) is 0 Å². The Morgan fingerprint density at radius 1 is 1.35 bits per heavy atom. The first-order valence-electron chi connectivity index (χ1n) is 5.65. The predicted molar refractivity (Wildman–Crippen MR) is 69.7 cm³/mol. The van der Waals surface area contributed by atoms with Gasteiger partial charge in [-0.3, -0.25) is 0 Å². The van der Waals surface area contributed by atoms with E-state index in [9.17, 15) is 18.0 Å². The van der Waals surface area contributed by atoms with E-state index in [0.717, 1.165) is 23.5 Å². The molecule has 7 heteroatoms. The molecule has 20 heavy (non-hydrogen) atoms. The predicted octanol–water partition coefficient (Wildman–Crippen LogP) is 3.98. The molecule has 0 saturated heterocycles. The molecule has 1 aromatic heterocycles. The molecule has 2 rings (SSSR count). The van der Waals surface area contributed by atoms with Crippen molar-refractivity contribution in [2.75, 3.05) is 0 Å². The van der Waals surface area contributed by atoms with Gasteiger partial charge < -0.3 is 5.11 Å². The fourth-order valence-electron chi connectivity index (χ4n) is 1.72. The number of alkyl halides is 3. The first kappa shape index (κ1) is 14.5. The molecule has 0 aromatic carbocycles. The second-order valence-corrected chi connectivity index (χ2v) is 5.12. The van der Waals surface area contributed by atoms with Gasteiger partial charge in [0.15, 0.2) is 0 Å². The van der Waals surface area contributed by atoms with E-state index in [-0.39, 0.29) is 11.3 Å². The first-order valence-corrected chi connectivity index (χ1v) is 6.47. The molecule has 1 aromatic rings. The van der Waals surface area contributed by atoms with Gasteiger partial charge in [-0.05, 0) is 19.4 Å². The highest BCUT2D eigenvalue weighted by Gasteiger charge is 2.31. The van der Waals surface area contributed by atoms with Crippen LogP contribution in [0.4, 0.5) is 13.2 Å². The lowest BCUT2D eigenvalue weighted by molar-refractivity contribution is -0.0883. The van der Waals surface area contributed by atoms with Crippen molar-refractivity contribution in [3.05, 3.63) is 45.5 Å². The Bertz CT molecular complexity index is 639. The van der Waals surface area contributed by atoms with Crippen LogP contribution in [0.2, 0.25) is 0 Å². The average molecular weight is 301 g/mol. The summed E-state index contributed by atoms with van der Waals surface area (Å²) >= 11 is 0.958. The molecule has 1 aliphatic carbocycles. The van der Waals surface area contributed by atoms with Gasteiger partial charge in [-0.1, -0.05) is 18.2 Å². The Labute approximate surface area is 116 Å². The number of allylic oxidation sites excluding steroid dienone is 6. The summed E-state index contributed by atoms with van der Waals surface area (Å²) in [6.45, 7) is 1.56. The van der Waals surface area contributed by atoms with Crippen LogP contribution in [0.5, 0.6) is 0 Å². The van der Waals surface area contributed by atoms with Crippen LogP contribution in [0.3, 0.4) is 0 Å². The van der Waals surface area contributed by atoms with Crippen LogP contribution in [0.25, 0.3) is 5.57 Å². The molecule has 106 valence electrons. The molecule has 0 aliphatic heterocycles. The van der Waals surface area contributed by atoms with Crippen molar-refractivity contribution in [2.24, 2.45) is 0 Å². The lowest BCUT2D eigenvalue weighted by Crippen LogP contribution is -2.09. The highest BCUT2D eigenvalue weighted by molar-refractivity contribution is 7.14. The van der Waals surface area contributed by atoms with Crippen LogP contribution >= 0.6 is 11.3 Å². The van der Waals surface area contributed by atoms with E-state index in [1.54, 1.807) is 13.0 Å². The van der Waals surface area contributed by atoms with E-state index in [0.29, 0.717) is 16.3 Å². The standard InChI is InChI=1S/C13H10F3NO2S/c1-7-10(12(18)19)20-11(17-7)8-3-2-4-9(6-5-8)13(14,15)16/h3-6H,2H2,1H3,(H,18,19). The summed E-state index contributed by atoms with van der Waals surface area (Å²) in [6.07, 6.45) is 0.719. The smallest absolute Gasteiger partial charge is 0.416 e. The van der Waals surface area contributed by atoms with E-state index in [1.165, 1.54) is 6.08 Å². The SMILES string of the molecule is Cc1nc(C2=CCC=C(C(F)(F)F)C=C2)sc1C(=O)O. The number of nitrogens with zero attached hydrogens (tertiary/aromatic N) is 1. The molecule has 0 spiro atoms. The van der Waals surface area contributed by atoms with Crippen LogP contribution in [-0.4, -0.2) is 22.2 Å². The third kappa shape index (κ3) is 2.98. The second-order valence-electron chi connectivity index (χ2n) is 4.12. The zero-order valence-electron chi connectivity index (χ0n) is 10.4. The van der Waals surface area contributed by atoms with Crippen molar-refractivity contribution in [1.82, 2.24) is 4.98 Å². The number of aryl methyl sites for hydroxylation is 1. The number of aromatic carboxylic acids is 1. The molecular formula is C13H10F3NO2S. The van der Waals surface area contributed by atoms with Crippen molar-refractivity contribution >= 4 is 22.9 Å². The van der Waals surface area contributed by atoms with Crippen LogP contribution in [0, 0.1) is 6.92 Å². The number of aromatic nitrogens is 1. The fourth-order valence-corrected chi connectivity index (χ4v) is 2.64. The summed E-state index contributed by atoms with van der Waals surface area (Å²) in [5, 5.41) is 9.37. The van der Waals surface area contributed by atoms with Crippen molar-refractivity contribution < 1.29 is 23.1 Å². The number of hydrogen-bond acceptors (Lipinski definition) is 3. The number of carboxylic acids is 1. The highest BCUT2D eigenvalue weighted by Crippen LogP contribution is 2.32. The van der Waals surface area contributed by atoms with Gasteiger partial charge in [0.2, 0.25) is 0 Å². The zero-order chi connectivity index (χ0) is 14.9. The van der Waals surface area contributed by atoms with E-state index in [1.807, 2.05) is 0 Å². The first-order chi connectivity index (χ1) is 9.29. The van der Waals surface area contributed by atoms with Gasteiger partial charge in [0.1, 0.15) is 9.88 Å². The minimum Gasteiger partial charge on any atom is -0.477 e. The maximum Gasteiger partial charge on any atom is 0.416 e. The number of halogens is 3. The summed E-state index contributed by atoms with van der Waals surface area (Å²) in [5.74, 6) is -1.08. The summed E-state index contributed by atoms with van der Waals surface area (Å²) in [4.78, 5) is 15.1. The summed E-state index contributed by atoms with van der Waals surface area (Å²) in [6, 6.07) is 0. The fraction of sp³-hybridized carbons (Fsp3) is 0.231. The number of carboxylic acid groups (broad SMARTS) is 1. The Balaban J connectivity index is 2.30. The molecule has 0 saturated carbocycles. The van der Waals surface area contributed by atoms with Crippen molar-refractivity contribution in [2.45, 2.75) is 19.5 Å². The maximum absolute atomic E-state index is 12.6. The molecule has 3 nitrogen and oxygen atoms in total. The van der Waals surface area contributed by atoms with Gasteiger partial charge >= 0.3 is 12.1 Å². The van der Waals surface area contributed by atoms with E-state index >= 15 is 0 Å². The zero-order valence-corrected chi connectivity index (χ0v) is 11.2. The van der Waals surface area contributed by atoms with Gasteiger partial charge in [-0.15, -0.1) is 11.3 Å². The quantitative estimate of drug-likeness (QED) is 0.899. The monoisotopic (exact) mass is 301 g/mol. The highest BCUT2D eigenvalue weighted by atomic mass is 32.1. The second kappa shape index (κ2) is 5.24. The molecule has 0 unspecified atom stereocenters. The lowest BCUT2D eigenvalue weighted by Gasteiger charge is -2.05. The van der Waals surface area contributed by atoms with E-state index in [4.69, 9.17) is 5.11 Å². The molecule has 0 atom stereocenters. The van der Waals surface area contributed by atoms with Crippen LogP contribution in [-0.2, 0) is 0 Å². The third-order valence-electron chi connectivity index (χ3n) is 2.68. The minimum atomic E-state index is -4.38. The molecule has 1 N–H and O–H groups in total. The van der Waals surface area contributed by atoms with E-state index in [2.05, 4.69) is 4.98 Å². The Morgan fingerprint density at radius 3 is 2.60 bits per heavy atom. The lowest BCUT2D eigenvalue weighted by atomic mass is 10.2. The Hall–Kier alpha value is -1.89. The van der Waals surface area contributed by atoms with Crippen molar-refractivity contribution in [1.29, 1.82) is 0 Å². The van der Waals surface area contributed by atoms with Gasteiger partial charge in [0, 0.05) is 5.57 Å². The summed E-state index contributed by atoms with van der Waals surface area (Å²) < 4.78 is 37.8. The minimum absolute atomic E-state index is 0.0996. The number of thiazole rings is 1. The Morgan fingerprint density at radius 2 is 2.05 bits per heavy atom. The number of hydrogen-bond donors (Lipinski definition) is 1. The largest absolute Gasteiger partial charge is 0.477 e. The molecule has 0 amide bonds. The van der Waals surface area contributed by atoms with Crippen LogP contribution in [0.1, 0.15) is 26.8 Å². The van der Waals surface area contributed by atoms with E-state index < -0.39 is 17.7 Å². The molecule has 0 bridgehead atoms. The van der Waals surface area contributed by atoms with Gasteiger partial charge in [-0.2, -0.15) is 13.2 Å². The number of rotatable bonds is 2. The average Bonchev–Trinajstić information content (AvgIpc) is 2.58. The molecule has 1 heterocycles. The van der Waals surface area contributed by atoms with Gasteiger partial charge in [-0.25, -0.2) is 9.78 Å². The summed E-state index contributed by atoms with van der Waals surface area (Å²) in [5.41, 5.74) is 0.150. The molecule has 1 aliphatic rings. The molecular weight excluding hydrogens is 291 g/mol.